The van der Waals surface area contributed by atoms with E-state index < -0.39 is 0 Å². The zero-order chi connectivity index (χ0) is 19.9. The molecule has 0 fully saturated rings. The van der Waals surface area contributed by atoms with E-state index >= 15 is 0 Å². The van der Waals surface area contributed by atoms with Crippen LogP contribution in [0.1, 0.15) is 59.7 Å². The Morgan fingerprint density at radius 1 is 0.786 bits per heavy atom. The van der Waals surface area contributed by atoms with Crippen LogP contribution in [0, 0.1) is 6.92 Å². The Bertz CT molecular complexity index is 985. The third-order valence-electron chi connectivity index (χ3n) is 5.30. The van der Waals surface area contributed by atoms with Gasteiger partial charge in [-0.2, -0.15) is 0 Å². The van der Waals surface area contributed by atoms with E-state index in [-0.39, 0.29) is 0 Å². The molecule has 142 valence electrons. The molecule has 0 saturated heterocycles. The molecule has 0 unspecified atom stereocenters. The fourth-order valence-corrected chi connectivity index (χ4v) is 3.58. The largest absolute Gasteiger partial charge is 0.0792 e. The minimum absolute atomic E-state index is 1.02. The Balaban J connectivity index is 1.91. The maximum absolute atomic E-state index is 2.34. The van der Waals surface area contributed by atoms with Crippen molar-refractivity contribution in [1.29, 1.82) is 0 Å². The predicted molar refractivity (Wildman–Crippen MR) is 125 cm³/mol. The Labute approximate surface area is 170 Å². The zero-order valence-corrected chi connectivity index (χ0v) is 17.5. The Morgan fingerprint density at radius 3 is 2.21 bits per heavy atom. The SMILES string of the molecule is C/C=C(\c1ccc(C)cc1)c1ccc(/C=C/c2cccc(CC)c2)c(CC)c1. The van der Waals surface area contributed by atoms with Gasteiger partial charge >= 0.3 is 0 Å². The first-order valence-corrected chi connectivity index (χ1v) is 10.3. The maximum Gasteiger partial charge on any atom is -0.0154 e. The average molecular weight is 367 g/mol. The quantitative estimate of drug-likeness (QED) is 0.391. The van der Waals surface area contributed by atoms with Gasteiger partial charge in [0, 0.05) is 0 Å². The molecule has 0 heteroatoms. The van der Waals surface area contributed by atoms with Crippen molar-refractivity contribution in [1.82, 2.24) is 0 Å². The molecule has 0 aliphatic rings. The predicted octanol–water partition coefficient (Wildman–Crippen LogP) is 7.74. The molecule has 3 aromatic rings. The average Bonchev–Trinajstić information content (AvgIpc) is 2.74. The summed E-state index contributed by atoms with van der Waals surface area (Å²) in [6.07, 6.45) is 8.78. The van der Waals surface area contributed by atoms with Crippen molar-refractivity contribution in [2.45, 2.75) is 40.5 Å². The summed E-state index contributed by atoms with van der Waals surface area (Å²) in [5.74, 6) is 0. The molecular weight excluding hydrogens is 336 g/mol. The highest BCUT2D eigenvalue weighted by Crippen LogP contribution is 2.27. The molecule has 0 aromatic heterocycles. The molecule has 3 aromatic carbocycles. The number of hydrogen-bond acceptors (Lipinski definition) is 0. The molecule has 0 heterocycles. The molecule has 3 rings (SSSR count). The van der Waals surface area contributed by atoms with Crippen LogP contribution >= 0.6 is 0 Å². The third-order valence-corrected chi connectivity index (χ3v) is 5.30. The summed E-state index contributed by atoms with van der Waals surface area (Å²) in [4.78, 5) is 0. The molecule has 28 heavy (non-hydrogen) atoms. The summed E-state index contributed by atoms with van der Waals surface area (Å²) >= 11 is 0. The van der Waals surface area contributed by atoms with Crippen LogP contribution in [-0.4, -0.2) is 0 Å². The van der Waals surface area contributed by atoms with Crippen LogP contribution in [0.2, 0.25) is 0 Å². The monoisotopic (exact) mass is 366 g/mol. The van der Waals surface area contributed by atoms with E-state index in [2.05, 4.69) is 113 Å². The number of benzene rings is 3. The van der Waals surface area contributed by atoms with E-state index in [1.807, 2.05) is 0 Å². The third kappa shape index (κ3) is 4.70. The molecular formula is C28H30. The second kappa shape index (κ2) is 9.37. The van der Waals surface area contributed by atoms with Crippen molar-refractivity contribution in [3.63, 3.8) is 0 Å². The van der Waals surface area contributed by atoms with Gasteiger partial charge < -0.3 is 0 Å². The molecule has 0 spiro atoms. The molecule has 0 saturated carbocycles. The van der Waals surface area contributed by atoms with Gasteiger partial charge in [0.15, 0.2) is 0 Å². The summed E-state index contributed by atoms with van der Waals surface area (Å²) in [6.45, 7) is 8.68. The van der Waals surface area contributed by atoms with Crippen LogP contribution in [0.3, 0.4) is 0 Å². The van der Waals surface area contributed by atoms with Crippen molar-refractivity contribution >= 4 is 17.7 Å². The van der Waals surface area contributed by atoms with Crippen LogP contribution in [0.5, 0.6) is 0 Å². The highest BCUT2D eigenvalue weighted by Gasteiger charge is 2.07. The standard InChI is InChI=1S/C28H30/c1-5-22-9-8-10-23(19-22)13-16-25-17-18-27(20-24(25)6-2)28(7-3)26-14-11-21(4)12-15-26/h7-20H,5-6H2,1-4H3/b16-13+,28-7+. The Morgan fingerprint density at radius 2 is 1.54 bits per heavy atom. The van der Waals surface area contributed by atoms with Gasteiger partial charge in [0.2, 0.25) is 0 Å². The molecule has 0 radical (unpaired) electrons. The molecule has 0 nitrogen and oxygen atoms in total. The van der Waals surface area contributed by atoms with Crippen LogP contribution in [0.25, 0.3) is 17.7 Å². The first-order valence-electron chi connectivity index (χ1n) is 10.3. The summed E-state index contributed by atoms with van der Waals surface area (Å²) in [5.41, 5.74) is 10.5. The second-order valence-electron chi connectivity index (χ2n) is 7.27. The second-order valence-corrected chi connectivity index (χ2v) is 7.27. The van der Waals surface area contributed by atoms with E-state index in [9.17, 15) is 0 Å². The summed E-state index contributed by atoms with van der Waals surface area (Å²) in [7, 11) is 0. The minimum atomic E-state index is 1.02. The van der Waals surface area contributed by atoms with E-state index in [0.717, 1.165) is 12.8 Å². The van der Waals surface area contributed by atoms with E-state index in [0.29, 0.717) is 0 Å². The number of rotatable bonds is 6. The lowest BCUT2D eigenvalue weighted by molar-refractivity contribution is 1.13. The summed E-state index contributed by atoms with van der Waals surface area (Å²) < 4.78 is 0. The normalized spacial score (nSPS) is 11.9. The van der Waals surface area contributed by atoms with E-state index in [4.69, 9.17) is 0 Å². The van der Waals surface area contributed by atoms with Crippen molar-refractivity contribution in [3.8, 4) is 0 Å². The number of allylic oxidation sites excluding steroid dienone is 1. The fourth-order valence-electron chi connectivity index (χ4n) is 3.58. The van der Waals surface area contributed by atoms with E-state index in [1.54, 1.807) is 0 Å². The summed E-state index contributed by atoms with van der Waals surface area (Å²) in [6, 6.07) is 24.4. The van der Waals surface area contributed by atoms with Gasteiger partial charge in [0.1, 0.15) is 0 Å². The van der Waals surface area contributed by atoms with Crippen molar-refractivity contribution in [3.05, 3.63) is 112 Å². The first kappa shape index (κ1) is 19.9. The Hall–Kier alpha value is -2.86. The summed E-state index contributed by atoms with van der Waals surface area (Å²) in [5, 5.41) is 0. The maximum atomic E-state index is 2.34. The molecule has 0 atom stereocenters. The zero-order valence-electron chi connectivity index (χ0n) is 17.5. The topological polar surface area (TPSA) is 0 Å². The van der Waals surface area contributed by atoms with E-state index in [1.165, 1.54) is 44.5 Å². The lowest BCUT2D eigenvalue weighted by atomic mass is 9.93. The fraction of sp³-hybridized carbons (Fsp3) is 0.214. The minimum Gasteiger partial charge on any atom is -0.0792 e. The number of hydrogen-bond donors (Lipinski definition) is 0. The van der Waals surface area contributed by atoms with Gasteiger partial charge in [-0.1, -0.05) is 104 Å². The van der Waals surface area contributed by atoms with Crippen molar-refractivity contribution in [2.75, 3.05) is 0 Å². The smallest absolute Gasteiger partial charge is 0.0154 e. The van der Waals surface area contributed by atoms with Crippen LogP contribution in [0.15, 0.2) is 72.8 Å². The van der Waals surface area contributed by atoms with Crippen LogP contribution in [-0.2, 0) is 12.8 Å². The van der Waals surface area contributed by atoms with Crippen LogP contribution < -0.4 is 0 Å². The van der Waals surface area contributed by atoms with Crippen LogP contribution in [0.4, 0.5) is 0 Å². The molecule has 0 bridgehead atoms. The molecule has 0 N–H and O–H groups in total. The van der Waals surface area contributed by atoms with Gasteiger partial charge in [-0.15, -0.1) is 0 Å². The van der Waals surface area contributed by atoms with Crippen molar-refractivity contribution < 1.29 is 0 Å². The lowest BCUT2D eigenvalue weighted by Crippen LogP contribution is -1.93. The first-order chi connectivity index (χ1) is 13.6. The van der Waals surface area contributed by atoms with Gasteiger partial charge in [-0.25, -0.2) is 0 Å². The lowest BCUT2D eigenvalue weighted by Gasteiger charge is -2.12. The molecule has 0 aliphatic heterocycles. The molecule has 0 aliphatic carbocycles. The van der Waals surface area contributed by atoms with Gasteiger partial charge in [0.25, 0.3) is 0 Å². The highest BCUT2D eigenvalue weighted by molar-refractivity contribution is 5.81. The van der Waals surface area contributed by atoms with Gasteiger partial charge in [0.05, 0.1) is 0 Å². The molecule has 0 amide bonds. The van der Waals surface area contributed by atoms with Gasteiger partial charge in [-0.3, -0.25) is 0 Å². The van der Waals surface area contributed by atoms with Crippen molar-refractivity contribution in [2.24, 2.45) is 0 Å². The Kier molecular flexibility index (Phi) is 6.66. The highest BCUT2D eigenvalue weighted by atomic mass is 14.1. The van der Waals surface area contributed by atoms with Gasteiger partial charge in [-0.05, 0) is 65.6 Å². The number of aryl methyl sites for hydroxylation is 3.